The average molecular weight is 713 g/mol. The lowest BCUT2D eigenvalue weighted by molar-refractivity contribution is -0.291. The van der Waals surface area contributed by atoms with Gasteiger partial charge in [-0.2, -0.15) is 0 Å². The molecule has 1 saturated heterocycles. The van der Waals surface area contributed by atoms with Crippen molar-refractivity contribution in [2.75, 3.05) is 6.61 Å². The third-order valence-corrected chi connectivity index (χ3v) is 10.3. The van der Waals surface area contributed by atoms with E-state index in [9.17, 15) is 24.9 Å². The first-order chi connectivity index (χ1) is 24.4. The quantitative estimate of drug-likeness (QED) is 0.0438. The minimum Gasteiger partial charge on any atom is -0.463 e. The van der Waals surface area contributed by atoms with E-state index >= 15 is 0 Å². The molecule has 296 valence electrons. The van der Waals surface area contributed by atoms with E-state index in [-0.39, 0.29) is 19.4 Å². The Labute approximate surface area is 307 Å². The zero-order chi connectivity index (χ0) is 36.5. The number of carbonyl (C=O) groups excluding carboxylic acids is 2. The van der Waals surface area contributed by atoms with Crippen LogP contribution in [0, 0.1) is 0 Å². The van der Waals surface area contributed by atoms with Crippen molar-refractivity contribution in [3.63, 3.8) is 0 Å². The Bertz CT molecular complexity index is 775. The van der Waals surface area contributed by atoms with Gasteiger partial charge >= 0.3 is 11.9 Å². The molecule has 1 aliphatic rings. The Morgan fingerprint density at radius 1 is 0.460 bits per heavy atom. The summed E-state index contributed by atoms with van der Waals surface area (Å²) in [4.78, 5) is 24.6. The maximum atomic E-state index is 12.4. The molecule has 1 heterocycles. The maximum Gasteiger partial charge on any atom is 0.306 e. The molecule has 0 bridgehead atoms. The second kappa shape index (κ2) is 33.6. The van der Waals surface area contributed by atoms with E-state index in [0.717, 1.165) is 38.5 Å². The molecule has 0 spiro atoms. The summed E-state index contributed by atoms with van der Waals surface area (Å²) in [7, 11) is 0. The van der Waals surface area contributed by atoms with Crippen LogP contribution >= 0.6 is 0 Å². The first kappa shape index (κ1) is 46.8. The van der Waals surface area contributed by atoms with Gasteiger partial charge in [0.15, 0.2) is 12.4 Å². The lowest BCUT2D eigenvalue weighted by Gasteiger charge is -2.39. The summed E-state index contributed by atoms with van der Waals surface area (Å²) in [6.07, 6.45) is 30.7. The predicted molar refractivity (Wildman–Crippen MR) is 203 cm³/mol. The second-order valence-electron chi connectivity index (χ2n) is 15.1. The number of carbonyl (C=O) groups is 2. The van der Waals surface area contributed by atoms with Crippen LogP contribution in [-0.4, -0.2) is 64.6 Å². The van der Waals surface area contributed by atoms with Gasteiger partial charge in [0.2, 0.25) is 0 Å². The average Bonchev–Trinajstić information content (AvgIpc) is 3.11. The summed E-state index contributed by atoms with van der Waals surface area (Å²) in [5.41, 5.74) is 0. The Hall–Kier alpha value is -1.22. The first-order valence-electron chi connectivity index (χ1n) is 21.4. The smallest absolute Gasteiger partial charge is 0.306 e. The fourth-order valence-corrected chi connectivity index (χ4v) is 6.93. The van der Waals surface area contributed by atoms with Gasteiger partial charge in [0.25, 0.3) is 0 Å². The maximum absolute atomic E-state index is 12.4. The highest BCUT2D eigenvalue weighted by Crippen LogP contribution is 2.24. The van der Waals surface area contributed by atoms with Crippen molar-refractivity contribution in [1.29, 1.82) is 0 Å². The molecule has 1 rings (SSSR count). The molecule has 8 heteroatoms. The van der Waals surface area contributed by atoms with Crippen LogP contribution in [0.5, 0.6) is 0 Å². The second-order valence-corrected chi connectivity index (χ2v) is 15.1. The van der Waals surface area contributed by atoms with Gasteiger partial charge in [0.05, 0.1) is 0 Å². The number of esters is 2. The summed E-state index contributed by atoms with van der Waals surface area (Å²) in [6, 6.07) is 0. The fraction of sp³-hybridized carbons (Fsp3) is 0.952. The van der Waals surface area contributed by atoms with E-state index in [1.165, 1.54) is 148 Å². The number of unbranched alkanes of at least 4 members (excludes halogenated alkanes) is 28. The molecule has 1 aliphatic heterocycles. The van der Waals surface area contributed by atoms with Crippen LogP contribution in [0.1, 0.15) is 219 Å². The molecule has 3 N–H and O–H groups in total. The predicted octanol–water partition coefficient (Wildman–Crippen LogP) is 10.4. The van der Waals surface area contributed by atoms with Crippen molar-refractivity contribution < 1.29 is 39.1 Å². The van der Waals surface area contributed by atoms with Crippen LogP contribution < -0.4 is 0 Å². The third-order valence-electron chi connectivity index (χ3n) is 10.3. The lowest BCUT2D eigenvalue weighted by Crippen LogP contribution is -2.60. The van der Waals surface area contributed by atoms with E-state index in [4.69, 9.17) is 14.2 Å². The number of aliphatic hydroxyl groups is 3. The molecule has 0 aromatic rings. The van der Waals surface area contributed by atoms with Crippen molar-refractivity contribution >= 4 is 11.9 Å². The topological polar surface area (TPSA) is 123 Å². The number of hydrogen-bond donors (Lipinski definition) is 3. The van der Waals surface area contributed by atoms with Gasteiger partial charge in [-0.3, -0.25) is 9.59 Å². The van der Waals surface area contributed by atoms with Crippen LogP contribution in [-0.2, 0) is 23.8 Å². The largest absolute Gasteiger partial charge is 0.463 e. The summed E-state index contributed by atoms with van der Waals surface area (Å²) < 4.78 is 15.9. The molecule has 0 saturated carbocycles. The highest BCUT2D eigenvalue weighted by atomic mass is 16.7. The number of ether oxygens (including phenoxy) is 3. The van der Waals surface area contributed by atoms with Gasteiger partial charge in [0, 0.05) is 12.8 Å². The lowest BCUT2D eigenvalue weighted by atomic mass is 9.99. The van der Waals surface area contributed by atoms with Gasteiger partial charge in [0.1, 0.15) is 24.9 Å². The SMILES string of the molecule is CCCCCCCCCCCCCCCCCC(=O)OCC1O[C@@H](O)[C@@H](OC(=O)CCCCCCCCCCCCCCCCC)[C@H](O)C1O. The molecule has 8 nitrogen and oxygen atoms in total. The van der Waals surface area contributed by atoms with E-state index in [2.05, 4.69) is 13.8 Å². The summed E-state index contributed by atoms with van der Waals surface area (Å²) >= 11 is 0. The van der Waals surface area contributed by atoms with Crippen LogP contribution in [0.3, 0.4) is 0 Å². The monoisotopic (exact) mass is 713 g/mol. The van der Waals surface area contributed by atoms with Crippen molar-refractivity contribution in [1.82, 2.24) is 0 Å². The van der Waals surface area contributed by atoms with E-state index in [0.29, 0.717) is 6.42 Å². The molecule has 1 fully saturated rings. The van der Waals surface area contributed by atoms with Crippen molar-refractivity contribution in [3.8, 4) is 0 Å². The van der Waals surface area contributed by atoms with Crippen molar-refractivity contribution in [3.05, 3.63) is 0 Å². The first-order valence-corrected chi connectivity index (χ1v) is 21.4. The Kier molecular flexibility index (Phi) is 31.5. The summed E-state index contributed by atoms with van der Waals surface area (Å²) in [6.45, 7) is 4.23. The molecule has 50 heavy (non-hydrogen) atoms. The Morgan fingerprint density at radius 2 is 0.780 bits per heavy atom. The van der Waals surface area contributed by atoms with Crippen LogP contribution in [0.15, 0.2) is 0 Å². The molecule has 0 aromatic carbocycles. The molecule has 5 atom stereocenters. The number of hydrogen-bond acceptors (Lipinski definition) is 8. The van der Waals surface area contributed by atoms with Crippen molar-refractivity contribution in [2.24, 2.45) is 0 Å². The van der Waals surface area contributed by atoms with E-state index < -0.39 is 42.6 Å². The Balaban J connectivity index is 2.02. The molecule has 0 aliphatic carbocycles. The zero-order valence-corrected chi connectivity index (χ0v) is 32.6. The molecule has 0 aromatic heterocycles. The van der Waals surface area contributed by atoms with Gasteiger partial charge in [-0.25, -0.2) is 0 Å². The molecular weight excluding hydrogens is 632 g/mol. The standard InChI is InChI=1S/C42H80O8/c1-3-5-7-9-11-13-15-17-19-21-23-25-27-29-31-33-37(43)48-35-36-39(45)40(46)41(42(47)49-36)50-38(44)34-32-30-28-26-24-22-20-18-16-14-12-10-8-6-4-2/h36,39-42,45-47H,3-35H2,1-2H3/t36?,39?,40-,41+,42-/m1/s1. The molecule has 2 unspecified atom stereocenters. The minimum absolute atomic E-state index is 0.185. The highest BCUT2D eigenvalue weighted by molar-refractivity contribution is 5.69. The van der Waals surface area contributed by atoms with Crippen LogP contribution in [0.2, 0.25) is 0 Å². The molecular formula is C42H80O8. The number of rotatable bonds is 35. The third kappa shape index (κ3) is 25.7. The zero-order valence-electron chi connectivity index (χ0n) is 32.6. The van der Waals surface area contributed by atoms with Gasteiger partial charge < -0.3 is 29.5 Å². The van der Waals surface area contributed by atoms with Gasteiger partial charge in [-0.05, 0) is 12.8 Å². The summed E-state index contributed by atoms with van der Waals surface area (Å²) in [5, 5.41) is 31.4. The number of aliphatic hydroxyl groups excluding tert-OH is 3. The normalized spacial score (nSPS) is 20.6. The Morgan fingerprint density at radius 3 is 1.14 bits per heavy atom. The van der Waals surface area contributed by atoms with Crippen LogP contribution in [0.4, 0.5) is 0 Å². The molecule has 0 amide bonds. The van der Waals surface area contributed by atoms with Gasteiger partial charge in [-0.15, -0.1) is 0 Å². The van der Waals surface area contributed by atoms with E-state index in [1.807, 2.05) is 0 Å². The minimum atomic E-state index is -1.61. The highest BCUT2D eigenvalue weighted by Gasteiger charge is 2.46. The van der Waals surface area contributed by atoms with Crippen molar-refractivity contribution in [2.45, 2.75) is 250 Å². The van der Waals surface area contributed by atoms with Gasteiger partial charge in [-0.1, -0.05) is 194 Å². The van der Waals surface area contributed by atoms with E-state index in [1.54, 1.807) is 0 Å². The fourth-order valence-electron chi connectivity index (χ4n) is 6.93. The molecule has 0 radical (unpaired) electrons. The summed E-state index contributed by atoms with van der Waals surface area (Å²) in [5.74, 6) is -0.927. The van der Waals surface area contributed by atoms with Crippen LogP contribution in [0.25, 0.3) is 0 Å².